The number of benzene rings is 1. The largest absolute Gasteiger partial charge is 0.383 e. The quantitative estimate of drug-likeness (QED) is 0.735. The topological polar surface area (TPSA) is 114 Å². The lowest BCUT2D eigenvalue weighted by atomic mass is 10.2. The predicted octanol–water partition coefficient (Wildman–Crippen LogP) is 1.40. The van der Waals surface area contributed by atoms with E-state index in [4.69, 9.17) is 16.7 Å². The van der Waals surface area contributed by atoms with Gasteiger partial charge in [-0.15, -0.1) is 0 Å². The Hall–Kier alpha value is -2.88. The number of aromatic nitrogens is 2. The lowest BCUT2D eigenvalue weighted by Crippen LogP contribution is -2.03. The van der Waals surface area contributed by atoms with Crippen LogP contribution in [-0.2, 0) is 0 Å². The van der Waals surface area contributed by atoms with E-state index in [1.165, 1.54) is 24.3 Å². The number of hydrogen-bond acceptors (Lipinski definition) is 6. The molecule has 5 N–H and O–H groups in total. The molecular weight excluding hydrogens is 235 g/mol. The molecule has 0 amide bonds. The lowest BCUT2D eigenvalue weighted by molar-refractivity contribution is 0.624. The molecule has 6 nitrogen and oxygen atoms in total. The van der Waals surface area contributed by atoms with Gasteiger partial charge in [0, 0.05) is 11.8 Å². The molecule has 0 radical (unpaired) electrons. The molecule has 1 heterocycles. The second-order valence-electron chi connectivity index (χ2n) is 3.47. The number of anilines is 4. The summed E-state index contributed by atoms with van der Waals surface area (Å²) in [5.74, 6) is 0.0352. The van der Waals surface area contributed by atoms with Crippen molar-refractivity contribution >= 4 is 23.3 Å². The second kappa shape index (κ2) is 4.55. The summed E-state index contributed by atoms with van der Waals surface area (Å²) in [6.07, 6.45) is 0. The SMILES string of the molecule is N#Cc1cc(Nc2cc(N)nc(N)n2)ccc1F. The van der Waals surface area contributed by atoms with E-state index in [1.54, 1.807) is 6.07 Å². The van der Waals surface area contributed by atoms with Crippen LogP contribution in [-0.4, -0.2) is 9.97 Å². The molecular formula is C11H9FN6. The van der Waals surface area contributed by atoms with Gasteiger partial charge in [-0.2, -0.15) is 15.2 Å². The normalized spacial score (nSPS) is 9.78. The first-order valence-electron chi connectivity index (χ1n) is 4.95. The van der Waals surface area contributed by atoms with Gasteiger partial charge in [0.15, 0.2) is 0 Å². The van der Waals surface area contributed by atoms with Crippen LogP contribution in [0.5, 0.6) is 0 Å². The Kier molecular flexibility index (Phi) is 2.93. The number of nitrogens with two attached hydrogens (primary N) is 2. The third-order valence-corrected chi connectivity index (χ3v) is 2.12. The first-order valence-corrected chi connectivity index (χ1v) is 4.95. The highest BCUT2D eigenvalue weighted by atomic mass is 19.1. The van der Waals surface area contributed by atoms with Crippen molar-refractivity contribution in [1.82, 2.24) is 9.97 Å². The zero-order valence-electron chi connectivity index (χ0n) is 9.18. The standard InChI is InChI=1S/C11H9FN6/c12-8-2-1-7(3-6(8)5-13)16-10-4-9(14)17-11(15)18-10/h1-4H,(H5,14,15,16,17,18). The Morgan fingerprint density at radius 2 is 2.00 bits per heavy atom. The molecule has 0 aliphatic heterocycles. The fourth-order valence-corrected chi connectivity index (χ4v) is 1.39. The van der Waals surface area contributed by atoms with Gasteiger partial charge in [0.05, 0.1) is 5.56 Å². The van der Waals surface area contributed by atoms with Gasteiger partial charge in [-0.05, 0) is 18.2 Å². The Morgan fingerprint density at radius 1 is 1.22 bits per heavy atom. The second-order valence-corrected chi connectivity index (χ2v) is 3.47. The van der Waals surface area contributed by atoms with Crippen LogP contribution in [0.4, 0.5) is 27.7 Å². The molecule has 0 saturated carbocycles. The predicted molar refractivity (Wildman–Crippen MR) is 65.3 cm³/mol. The Morgan fingerprint density at radius 3 is 2.67 bits per heavy atom. The van der Waals surface area contributed by atoms with Crippen LogP contribution >= 0.6 is 0 Å². The number of rotatable bonds is 2. The van der Waals surface area contributed by atoms with Crippen molar-refractivity contribution in [3.63, 3.8) is 0 Å². The molecule has 0 fully saturated rings. The number of nitrogens with one attached hydrogen (secondary N) is 1. The number of hydrogen-bond donors (Lipinski definition) is 3. The van der Waals surface area contributed by atoms with E-state index in [0.29, 0.717) is 11.5 Å². The molecule has 0 spiro atoms. The van der Waals surface area contributed by atoms with Crippen LogP contribution in [0.2, 0.25) is 0 Å². The summed E-state index contributed by atoms with van der Waals surface area (Å²) in [4.78, 5) is 7.62. The molecule has 1 aromatic heterocycles. The van der Waals surface area contributed by atoms with Gasteiger partial charge >= 0.3 is 0 Å². The van der Waals surface area contributed by atoms with Crippen molar-refractivity contribution in [3.8, 4) is 6.07 Å². The van der Waals surface area contributed by atoms with E-state index in [1.807, 2.05) is 0 Å². The van der Waals surface area contributed by atoms with E-state index in [0.717, 1.165) is 0 Å². The molecule has 0 bridgehead atoms. The average molecular weight is 244 g/mol. The highest BCUT2D eigenvalue weighted by Crippen LogP contribution is 2.19. The average Bonchev–Trinajstić information content (AvgIpc) is 2.30. The molecule has 18 heavy (non-hydrogen) atoms. The minimum atomic E-state index is -0.579. The van der Waals surface area contributed by atoms with Crippen molar-refractivity contribution < 1.29 is 4.39 Å². The van der Waals surface area contributed by atoms with E-state index in [2.05, 4.69) is 15.3 Å². The Bertz CT molecular complexity index is 614. The van der Waals surface area contributed by atoms with Crippen molar-refractivity contribution in [1.29, 1.82) is 5.26 Å². The summed E-state index contributed by atoms with van der Waals surface area (Å²) >= 11 is 0. The van der Waals surface area contributed by atoms with Crippen LogP contribution < -0.4 is 16.8 Å². The van der Waals surface area contributed by atoms with Gasteiger partial charge in [-0.25, -0.2) is 4.39 Å². The number of nitriles is 1. The summed E-state index contributed by atoms with van der Waals surface area (Å²) in [6, 6.07) is 7.26. The zero-order valence-corrected chi connectivity index (χ0v) is 9.18. The minimum absolute atomic E-state index is 0.0279. The maximum atomic E-state index is 13.1. The summed E-state index contributed by atoms with van der Waals surface area (Å²) in [7, 11) is 0. The summed E-state index contributed by atoms with van der Waals surface area (Å²) in [6.45, 7) is 0. The van der Waals surface area contributed by atoms with Crippen molar-refractivity contribution in [2.45, 2.75) is 0 Å². The van der Waals surface area contributed by atoms with Crippen LogP contribution in [0.3, 0.4) is 0 Å². The minimum Gasteiger partial charge on any atom is -0.383 e. The first kappa shape index (κ1) is 11.6. The number of nitrogen functional groups attached to an aromatic ring is 2. The van der Waals surface area contributed by atoms with Crippen LogP contribution in [0.15, 0.2) is 24.3 Å². The van der Waals surface area contributed by atoms with Gasteiger partial charge in [0.2, 0.25) is 5.95 Å². The van der Waals surface area contributed by atoms with E-state index >= 15 is 0 Å². The molecule has 0 saturated heterocycles. The molecule has 7 heteroatoms. The fourth-order valence-electron chi connectivity index (χ4n) is 1.39. The Labute approximate surface area is 102 Å². The number of halogens is 1. The smallest absolute Gasteiger partial charge is 0.223 e. The Balaban J connectivity index is 2.31. The van der Waals surface area contributed by atoms with Gasteiger partial charge in [-0.1, -0.05) is 0 Å². The van der Waals surface area contributed by atoms with Crippen LogP contribution in [0.1, 0.15) is 5.56 Å². The third kappa shape index (κ3) is 2.44. The van der Waals surface area contributed by atoms with E-state index in [-0.39, 0.29) is 17.3 Å². The van der Waals surface area contributed by atoms with Gasteiger partial charge < -0.3 is 16.8 Å². The molecule has 90 valence electrons. The van der Waals surface area contributed by atoms with Gasteiger partial charge in [0.1, 0.15) is 23.5 Å². The summed E-state index contributed by atoms with van der Waals surface area (Å²) in [5.41, 5.74) is 11.4. The van der Waals surface area contributed by atoms with Crippen molar-refractivity contribution in [2.24, 2.45) is 0 Å². The zero-order chi connectivity index (χ0) is 13.1. The van der Waals surface area contributed by atoms with E-state index < -0.39 is 5.82 Å². The highest BCUT2D eigenvalue weighted by Gasteiger charge is 2.04. The maximum absolute atomic E-state index is 13.1. The lowest BCUT2D eigenvalue weighted by Gasteiger charge is -2.07. The fraction of sp³-hybridized carbons (Fsp3) is 0. The third-order valence-electron chi connectivity index (χ3n) is 2.12. The molecule has 0 atom stereocenters. The summed E-state index contributed by atoms with van der Waals surface area (Å²) in [5, 5.41) is 11.6. The van der Waals surface area contributed by atoms with Gasteiger partial charge in [-0.3, -0.25) is 0 Å². The molecule has 0 unspecified atom stereocenters. The number of nitrogens with zero attached hydrogens (tertiary/aromatic N) is 3. The monoisotopic (exact) mass is 244 g/mol. The molecule has 2 rings (SSSR count). The molecule has 1 aromatic carbocycles. The molecule has 0 aliphatic rings. The first-order chi connectivity index (χ1) is 8.58. The van der Waals surface area contributed by atoms with Crippen LogP contribution in [0, 0.1) is 17.1 Å². The highest BCUT2D eigenvalue weighted by molar-refractivity contribution is 5.61. The summed E-state index contributed by atoms with van der Waals surface area (Å²) < 4.78 is 13.1. The van der Waals surface area contributed by atoms with Gasteiger partial charge in [0.25, 0.3) is 0 Å². The van der Waals surface area contributed by atoms with Crippen LogP contribution in [0.25, 0.3) is 0 Å². The molecule has 2 aromatic rings. The van der Waals surface area contributed by atoms with Crippen molar-refractivity contribution in [2.75, 3.05) is 16.8 Å². The maximum Gasteiger partial charge on any atom is 0.223 e. The van der Waals surface area contributed by atoms with Crippen molar-refractivity contribution in [3.05, 3.63) is 35.6 Å². The molecule has 0 aliphatic carbocycles. The van der Waals surface area contributed by atoms with E-state index in [9.17, 15) is 4.39 Å².